The standard InChI is InChI=1S/C33H47ClN2O2/c1-23(2)31-25-11-14-30-32(3,4)15-8-16-33(30,5)26(25)12-13-29(31)38-22-24(37)21-35-17-19-36(20-18-35)28-10-7-6-9-27(28)34/h6-7,9-10,12-13,23-24,30,37H,8,11,14-22H2,1-5H3/t24?,30-,33+/m0/s1. The van der Waals surface area contributed by atoms with Crippen LogP contribution in [0.3, 0.4) is 0 Å². The van der Waals surface area contributed by atoms with Crippen molar-refractivity contribution >= 4 is 17.3 Å². The highest BCUT2D eigenvalue weighted by atomic mass is 35.5. The first kappa shape index (κ1) is 27.8. The largest absolute Gasteiger partial charge is 0.491 e. The molecule has 3 aliphatic rings. The molecule has 1 saturated carbocycles. The Kier molecular flexibility index (Phi) is 8.06. The number of aliphatic hydroxyl groups is 1. The third-order valence-corrected chi connectivity index (χ3v) is 10.2. The van der Waals surface area contributed by atoms with E-state index < -0.39 is 6.10 Å². The molecule has 0 aromatic heterocycles. The van der Waals surface area contributed by atoms with Crippen LogP contribution in [-0.4, -0.2) is 55.4 Å². The SMILES string of the molecule is CC(C)c1c(OCC(O)CN2CCN(c3ccccc3Cl)CC2)ccc2c1CC[C@H]1C(C)(C)CCC[C@]21C. The molecule has 0 bridgehead atoms. The lowest BCUT2D eigenvalue weighted by Crippen LogP contribution is -2.49. The monoisotopic (exact) mass is 538 g/mol. The zero-order valence-electron chi connectivity index (χ0n) is 24.1. The number of benzene rings is 2. The third kappa shape index (κ3) is 5.33. The Morgan fingerprint density at radius 2 is 1.76 bits per heavy atom. The highest BCUT2D eigenvalue weighted by Crippen LogP contribution is 2.58. The van der Waals surface area contributed by atoms with E-state index in [9.17, 15) is 5.11 Å². The number of fused-ring (bicyclic) bond motifs is 3. The molecule has 2 aliphatic carbocycles. The van der Waals surface area contributed by atoms with Crippen LogP contribution >= 0.6 is 11.6 Å². The Balaban J connectivity index is 1.23. The van der Waals surface area contributed by atoms with Crippen LogP contribution in [0.25, 0.3) is 0 Å². The van der Waals surface area contributed by atoms with Gasteiger partial charge in [-0.1, -0.05) is 70.8 Å². The second-order valence-electron chi connectivity index (χ2n) is 13.2. The van der Waals surface area contributed by atoms with E-state index >= 15 is 0 Å². The van der Waals surface area contributed by atoms with E-state index in [4.69, 9.17) is 16.3 Å². The molecular weight excluding hydrogens is 492 g/mol. The lowest BCUT2D eigenvalue weighted by molar-refractivity contribution is 0.0402. The first-order chi connectivity index (χ1) is 18.1. The topological polar surface area (TPSA) is 35.9 Å². The summed E-state index contributed by atoms with van der Waals surface area (Å²) >= 11 is 6.40. The van der Waals surface area contributed by atoms with Gasteiger partial charge in [-0.25, -0.2) is 0 Å². The van der Waals surface area contributed by atoms with Crippen molar-refractivity contribution in [2.75, 3.05) is 44.2 Å². The van der Waals surface area contributed by atoms with Crippen LogP contribution in [0.2, 0.25) is 5.02 Å². The number of rotatable bonds is 7. The number of β-amino-alcohol motifs (C(OH)–C–C–N with tert-alkyl or cyclic N) is 1. The van der Waals surface area contributed by atoms with Crippen LogP contribution in [0.15, 0.2) is 36.4 Å². The van der Waals surface area contributed by atoms with Crippen LogP contribution < -0.4 is 9.64 Å². The molecule has 1 saturated heterocycles. The first-order valence-electron chi connectivity index (χ1n) is 14.8. The fraction of sp³-hybridized carbons (Fsp3) is 0.636. The molecule has 0 radical (unpaired) electrons. The Morgan fingerprint density at radius 1 is 1.03 bits per heavy atom. The van der Waals surface area contributed by atoms with Gasteiger partial charge in [0.15, 0.2) is 0 Å². The number of hydrogen-bond acceptors (Lipinski definition) is 4. The van der Waals surface area contributed by atoms with Crippen molar-refractivity contribution in [1.29, 1.82) is 0 Å². The molecular formula is C33H47ClN2O2. The van der Waals surface area contributed by atoms with Gasteiger partial charge >= 0.3 is 0 Å². The fourth-order valence-corrected chi connectivity index (χ4v) is 8.32. The maximum absolute atomic E-state index is 10.9. The summed E-state index contributed by atoms with van der Waals surface area (Å²) in [5, 5.41) is 11.7. The number of hydrogen-bond donors (Lipinski definition) is 1. The van der Waals surface area contributed by atoms with E-state index in [1.165, 1.54) is 36.8 Å². The molecule has 3 atom stereocenters. The van der Waals surface area contributed by atoms with Gasteiger partial charge in [0.1, 0.15) is 18.5 Å². The van der Waals surface area contributed by atoms with Crippen molar-refractivity contribution < 1.29 is 9.84 Å². The van der Waals surface area contributed by atoms with E-state index in [0.717, 1.165) is 55.0 Å². The molecule has 1 unspecified atom stereocenters. The zero-order valence-corrected chi connectivity index (χ0v) is 24.9. The lowest BCUT2D eigenvalue weighted by atomic mass is 9.50. The smallest absolute Gasteiger partial charge is 0.123 e. The number of ether oxygens (including phenoxy) is 1. The molecule has 0 amide bonds. The van der Waals surface area contributed by atoms with E-state index in [1.807, 2.05) is 18.2 Å². The summed E-state index contributed by atoms with van der Waals surface area (Å²) in [6, 6.07) is 12.6. The molecule has 1 heterocycles. The molecule has 5 rings (SSSR count). The molecule has 0 spiro atoms. The van der Waals surface area contributed by atoms with Gasteiger partial charge < -0.3 is 14.7 Å². The van der Waals surface area contributed by atoms with Crippen LogP contribution in [0.1, 0.15) is 82.9 Å². The van der Waals surface area contributed by atoms with Gasteiger partial charge in [-0.05, 0) is 77.7 Å². The zero-order chi connectivity index (χ0) is 27.1. The average Bonchev–Trinajstić information content (AvgIpc) is 2.87. The molecule has 208 valence electrons. The number of piperazine rings is 1. The highest BCUT2D eigenvalue weighted by Gasteiger charge is 2.50. The average molecular weight is 539 g/mol. The van der Waals surface area contributed by atoms with Gasteiger partial charge in [0.25, 0.3) is 0 Å². The minimum Gasteiger partial charge on any atom is -0.491 e. The number of halogens is 1. The van der Waals surface area contributed by atoms with E-state index in [1.54, 1.807) is 5.56 Å². The molecule has 4 nitrogen and oxygen atoms in total. The maximum atomic E-state index is 10.9. The quantitative estimate of drug-likeness (QED) is 0.409. The minimum absolute atomic E-state index is 0.253. The highest BCUT2D eigenvalue weighted by molar-refractivity contribution is 6.33. The summed E-state index contributed by atoms with van der Waals surface area (Å²) in [5.74, 6) is 2.11. The second-order valence-corrected chi connectivity index (χ2v) is 13.6. The van der Waals surface area contributed by atoms with Gasteiger partial charge in [0.2, 0.25) is 0 Å². The van der Waals surface area contributed by atoms with Gasteiger partial charge in [0, 0.05) is 38.3 Å². The lowest BCUT2D eigenvalue weighted by Gasteiger charge is -2.54. The van der Waals surface area contributed by atoms with E-state index in [0.29, 0.717) is 24.5 Å². The molecule has 2 aromatic carbocycles. The Hall–Kier alpha value is -1.75. The molecule has 2 fully saturated rings. The number of anilines is 1. The Bertz CT molecular complexity index is 1120. The molecule has 5 heteroatoms. The summed E-state index contributed by atoms with van der Waals surface area (Å²) in [6.07, 6.45) is 5.83. The summed E-state index contributed by atoms with van der Waals surface area (Å²) in [6.45, 7) is 16.7. The summed E-state index contributed by atoms with van der Waals surface area (Å²) in [7, 11) is 0. The second kappa shape index (κ2) is 11.0. The van der Waals surface area contributed by atoms with Crippen LogP contribution in [0, 0.1) is 11.3 Å². The van der Waals surface area contributed by atoms with Crippen LogP contribution in [0.4, 0.5) is 5.69 Å². The van der Waals surface area contributed by atoms with E-state index in [2.05, 4.69) is 62.6 Å². The summed E-state index contributed by atoms with van der Waals surface area (Å²) in [5.41, 5.74) is 6.22. The molecule has 1 N–H and O–H groups in total. The van der Waals surface area contributed by atoms with Gasteiger partial charge in [-0.2, -0.15) is 0 Å². The minimum atomic E-state index is -0.515. The molecule has 38 heavy (non-hydrogen) atoms. The van der Waals surface area contributed by atoms with Crippen molar-refractivity contribution in [3.8, 4) is 5.75 Å². The fourth-order valence-electron chi connectivity index (χ4n) is 8.07. The van der Waals surface area contributed by atoms with Crippen molar-refractivity contribution in [2.45, 2.75) is 84.2 Å². The molecule has 2 aromatic rings. The van der Waals surface area contributed by atoms with Crippen molar-refractivity contribution in [3.05, 3.63) is 58.1 Å². The summed E-state index contributed by atoms with van der Waals surface area (Å²) < 4.78 is 6.38. The Morgan fingerprint density at radius 3 is 2.47 bits per heavy atom. The van der Waals surface area contributed by atoms with E-state index in [-0.39, 0.29) is 5.41 Å². The first-order valence-corrected chi connectivity index (χ1v) is 15.2. The number of nitrogens with zero attached hydrogens (tertiary/aromatic N) is 2. The summed E-state index contributed by atoms with van der Waals surface area (Å²) in [4.78, 5) is 4.67. The van der Waals surface area contributed by atoms with Crippen molar-refractivity contribution in [2.24, 2.45) is 11.3 Å². The third-order valence-electron chi connectivity index (χ3n) is 9.89. The van der Waals surface area contributed by atoms with Crippen molar-refractivity contribution in [1.82, 2.24) is 4.90 Å². The number of para-hydroxylation sites is 1. The molecule has 1 aliphatic heterocycles. The van der Waals surface area contributed by atoms with Crippen LogP contribution in [0.5, 0.6) is 5.75 Å². The predicted molar refractivity (Wildman–Crippen MR) is 159 cm³/mol. The predicted octanol–water partition coefficient (Wildman–Crippen LogP) is 7.06. The Labute approximate surface area is 235 Å². The van der Waals surface area contributed by atoms with Gasteiger partial charge in [0.05, 0.1) is 10.7 Å². The van der Waals surface area contributed by atoms with Gasteiger partial charge in [-0.15, -0.1) is 0 Å². The van der Waals surface area contributed by atoms with Crippen molar-refractivity contribution in [3.63, 3.8) is 0 Å². The van der Waals surface area contributed by atoms with Crippen LogP contribution in [-0.2, 0) is 11.8 Å². The normalized spacial score (nSPS) is 26.1. The van der Waals surface area contributed by atoms with Gasteiger partial charge in [-0.3, -0.25) is 4.90 Å². The maximum Gasteiger partial charge on any atom is 0.123 e. The number of aliphatic hydroxyl groups excluding tert-OH is 1.